The van der Waals surface area contributed by atoms with Crippen molar-refractivity contribution < 1.29 is 35.7 Å². The molecule has 4 rings (SSSR count). The van der Waals surface area contributed by atoms with E-state index in [0.29, 0.717) is 47.5 Å². The highest BCUT2D eigenvalue weighted by atomic mass is 127. The summed E-state index contributed by atoms with van der Waals surface area (Å²) < 4.78 is 47.8. The molecule has 0 spiro atoms. The van der Waals surface area contributed by atoms with Crippen LogP contribution in [-0.4, -0.2) is 47.2 Å². The molecule has 0 aliphatic carbocycles. The van der Waals surface area contributed by atoms with Crippen molar-refractivity contribution in [3.63, 3.8) is 0 Å². The lowest BCUT2D eigenvalue weighted by Gasteiger charge is -2.29. The van der Waals surface area contributed by atoms with Crippen molar-refractivity contribution >= 4 is 34.8 Å². The van der Waals surface area contributed by atoms with Gasteiger partial charge in [0.05, 0.1) is 18.7 Å². The molecule has 0 fully saturated rings. The maximum absolute atomic E-state index is 13.0. The summed E-state index contributed by atoms with van der Waals surface area (Å²) in [5, 5.41) is 13.6. The minimum atomic E-state index is -4.20. The highest BCUT2D eigenvalue weighted by molar-refractivity contribution is 14.1. The fourth-order valence-electron chi connectivity index (χ4n) is 4.48. The molecule has 39 heavy (non-hydrogen) atoms. The fourth-order valence-corrected chi connectivity index (χ4v) is 4.93. The van der Waals surface area contributed by atoms with Gasteiger partial charge >= 0.3 is 6.18 Å². The summed E-state index contributed by atoms with van der Waals surface area (Å²) in [6.07, 6.45) is 3.29. The Labute approximate surface area is 239 Å². The number of terminal acetylenes is 1. The smallest absolute Gasteiger partial charge is 0.389 e. The molecule has 0 saturated heterocycles. The Morgan fingerprint density at radius 2 is 1.87 bits per heavy atom. The molecule has 0 aromatic heterocycles. The molecule has 2 aliphatic rings. The molecule has 208 valence electrons. The molecule has 0 saturated carbocycles. The van der Waals surface area contributed by atoms with E-state index in [1.807, 2.05) is 6.07 Å². The van der Waals surface area contributed by atoms with Crippen LogP contribution >= 0.6 is 23.0 Å². The summed E-state index contributed by atoms with van der Waals surface area (Å²) in [7, 11) is 0. The lowest BCUT2D eigenvalue weighted by Crippen LogP contribution is -2.44. The van der Waals surface area contributed by atoms with Crippen LogP contribution in [-0.2, 0) is 14.3 Å². The molecule has 2 aliphatic heterocycles. The summed E-state index contributed by atoms with van der Waals surface area (Å²) >= 11 is 1.71. The van der Waals surface area contributed by atoms with E-state index >= 15 is 0 Å². The van der Waals surface area contributed by atoms with Crippen molar-refractivity contribution in [3.05, 3.63) is 76.6 Å². The molecule has 7 nitrogen and oxygen atoms in total. The Hall–Kier alpha value is -3.24. The van der Waals surface area contributed by atoms with E-state index in [9.17, 15) is 27.9 Å². The monoisotopic (exact) mass is 656 g/mol. The Morgan fingerprint density at radius 3 is 2.56 bits per heavy atom. The molecule has 0 radical (unpaired) electrons. The average molecular weight is 656 g/mol. The Bertz CT molecular complexity index is 1230. The van der Waals surface area contributed by atoms with Crippen LogP contribution in [0.3, 0.4) is 0 Å². The number of rotatable bonds is 10. The minimum Gasteiger partial charge on any atom is -0.494 e. The number of halogens is 4. The van der Waals surface area contributed by atoms with Crippen molar-refractivity contribution in [2.45, 2.75) is 50.6 Å². The third-order valence-corrected chi connectivity index (χ3v) is 6.91. The Balaban J connectivity index is 0.00000205. The molecule has 2 N–H and O–H groups in total. The third-order valence-electron chi connectivity index (χ3n) is 6.38. The molecular formula is C28H28F3IN2O5. The topological polar surface area (TPSA) is 88.1 Å². The molecule has 2 aromatic carbocycles. The second kappa shape index (κ2) is 13.7. The van der Waals surface area contributed by atoms with Gasteiger partial charge in [-0.15, -0.1) is 12.8 Å². The molecular weight excluding hydrogens is 628 g/mol. The first-order chi connectivity index (χ1) is 18.7. The number of nitrogens with zero attached hydrogens (tertiary/aromatic N) is 1. The lowest BCUT2D eigenvalue weighted by molar-refractivity contribution is -0.136. The van der Waals surface area contributed by atoms with Crippen molar-refractivity contribution in [2.75, 3.05) is 13.2 Å². The normalized spacial score (nSPS) is 18.7. The van der Waals surface area contributed by atoms with Crippen LogP contribution in [0, 0.1) is 12.8 Å². The summed E-state index contributed by atoms with van der Waals surface area (Å²) in [4.78, 5) is 27.0. The second-order valence-corrected chi connectivity index (χ2v) is 9.44. The maximum Gasteiger partial charge on any atom is 0.389 e. The van der Waals surface area contributed by atoms with Crippen molar-refractivity contribution in [2.24, 2.45) is 0 Å². The summed E-state index contributed by atoms with van der Waals surface area (Å²) in [6, 6.07) is 13.7. The van der Waals surface area contributed by atoms with E-state index in [2.05, 4.69) is 18.2 Å². The zero-order valence-corrected chi connectivity index (χ0v) is 23.1. The highest BCUT2D eigenvalue weighted by Gasteiger charge is 2.38. The van der Waals surface area contributed by atoms with Gasteiger partial charge in [0, 0.05) is 30.0 Å². The number of aliphatic hydroxyl groups is 1. The van der Waals surface area contributed by atoms with Gasteiger partial charge in [-0.3, -0.25) is 9.59 Å². The second-order valence-electron chi connectivity index (χ2n) is 9.00. The number of aryl methyl sites for hydroxylation is 1. The maximum atomic E-state index is 13.0. The van der Waals surface area contributed by atoms with E-state index in [-0.39, 0.29) is 37.4 Å². The van der Waals surface area contributed by atoms with Gasteiger partial charge in [0.1, 0.15) is 11.5 Å². The Kier molecular flexibility index (Phi) is 10.7. The Morgan fingerprint density at radius 1 is 1.13 bits per heavy atom. The quantitative estimate of drug-likeness (QED) is 0.208. The zero-order valence-electron chi connectivity index (χ0n) is 20.9. The number of aliphatic hydroxyl groups excluding tert-OH is 1. The summed E-state index contributed by atoms with van der Waals surface area (Å²) in [5.74, 6) is 0.243. The molecule has 0 bridgehead atoms. The molecule has 2 atom stereocenters. The van der Waals surface area contributed by atoms with Crippen LogP contribution in [0.1, 0.15) is 53.4 Å². The first-order valence-corrected chi connectivity index (χ1v) is 13.1. The van der Waals surface area contributed by atoms with Gasteiger partial charge < -0.3 is 23.1 Å². The lowest BCUT2D eigenvalue weighted by atomic mass is 9.96. The molecule has 2 amide bonds. The van der Waals surface area contributed by atoms with E-state index in [1.54, 1.807) is 65.5 Å². The number of carbonyl (C=O) groups excluding carboxylic acids is 2. The van der Waals surface area contributed by atoms with E-state index in [1.165, 1.54) is 4.90 Å². The van der Waals surface area contributed by atoms with Crippen LogP contribution in [0.25, 0.3) is 0 Å². The van der Waals surface area contributed by atoms with Gasteiger partial charge in [0.15, 0.2) is 29.2 Å². The van der Waals surface area contributed by atoms with Crippen LogP contribution in [0.2, 0.25) is 0 Å². The van der Waals surface area contributed by atoms with E-state index < -0.39 is 18.8 Å². The highest BCUT2D eigenvalue weighted by Crippen LogP contribution is 2.34. The number of fused-ring (bicyclic) bond motifs is 1. The largest absolute Gasteiger partial charge is 0.494 e. The van der Waals surface area contributed by atoms with Gasteiger partial charge in [-0.1, -0.05) is 30.3 Å². The summed E-state index contributed by atoms with van der Waals surface area (Å²) in [6.45, 7) is -0.107. The minimum absolute atomic E-state index is 0.0229. The van der Waals surface area contributed by atoms with Crippen molar-refractivity contribution in [1.29, 1.82) is 0 Å². The average Bonchev–Trinajstić information content (AvgIpc) is 3.16. The van der Waals surface area contributed by atoms with E-state index in [4.69, 9.17) is 7.80 Å². The first-order valence-electron chi connectivity index (χ1n) is 12.2. The van der Waals surface area contributed by atoms with Crippen LogP contribution in [0.5, 0.6) is 5.75 Å². The van der Waals surface area contributed by atoms with E-state index in [0.717, 1.165) is 5.56 Å². The number of ether oxygens (including phenoxy) is 1. The van der Waals surface area contributed by atoms with Gasteiger partial charge in [0.2, 0.25) is 0 Å². The third kappa shape index (κ3) is 7.89. The SMILES string of the molecule is C#C.O=C1NC(CCc2cccc(OCCCC(F)(F)F)c2)CC(OI)=C1CN1C(=O)c2ccccc2C1O. The number of nitrogens with one attached hydrogen (secondary N) is 1. The number of hydrogen-bond acceptors (Lipinski definition) is 5. The van der Waals surface area contributed by atoms with Gasteiger partial charge in [-0.25, -0.2) is 0 Å². The predicted octanol–water partition coefficient (Wildman–Crippen LogP) is 5.25. The van der Waals surface area contributed by atoms with Crippen molar-refractivity contribution in [3.8, 4) is 18.6 Å². The zero-order chi connectivity index (χ0) is 28.6. The predicted molar refractivity (Wildman–Crippen MR) is 147 cm³/mol. The number of carbonyl (C=O) groups is 2. The molecule has 2 aromatic rings. The first kappa shape index (κ1) is 30.3. The molecule has 2 heterocycles. The number of hydrogen-bond donors (Lipinski definition) is 2. The van der Waals surface area contributed by atoms with Gasteiger partial charge in [-0.2, -0.15) is 13.2 Å². The number of benzene rings is 2. The summed E-state index contributed by atoms with van der Waals surface area (Å²) in [5.41, 5.74) is 2.14. The van der Waals surface area contributed by atoms with Crippen molar-refractivity contribution in [1.82, 2.24) is 10.2 Å². The number of amides is 2. The molecule has 11 heteroatoms. The number of alkyl halides is 3. The standard InChI is InChI=1S/C26H26F3IN2O5.C2H2/c27-26(28,29)11-4-12-36-18-6-3-5-16(13-18)9-10-17-14-22(37-30)21(23(33)31-17)15-32-24(34)19-7-1-2-8-20(19)25(32)35;1-2/h1-3,5-8,13,17,24,34H,4,9-12,14-15H2,(H,31,33);1-2H. The van der Waals surface area contributed by atoms with Gasteiger partial charge in [0.25, 0.3) is 11.8 Å². The van der Waals surface area contributed by atoms with Crippen LogP contribution < -0.4 is 10.1 Å². The van der Waals surface area contributed by atoms with Gasteiger partial charge in [-0.05, 0) is 43.0 Å². The van der Waals surface area contributed by atoms with Crippen LogP contribution in [0.15, 0.2) is 59.9 Å². The fraction of sp³-hybridized carbons (Fsp3) is 0.357. The van der Waals surface area contributed by atoms with Crippen LogP contribution in [0.4, 0.5) is 13.2 Å². The molecule has 2 unspecified atom stereocenters.